The molecule has 2 aliphatic rings. The van der Waals surface area contributed by atoms with Crippen LogP contribution >= 0.6 is 11.6 Å². The molecule has 0 aromatic carbocycles. The van der Waals surface area contributed by atoms with Crippen LogP contribution in [0.4, 0.5) is 0 Å². The lowest BCUT2D eigenvalue weighted by Gasteiger charge is -2.36. The average molecular weight is 223 g/mol. The summed E-state index contributed by atoms with van der Waals surface area (Å²) in [5.74, 6) is -0.0915. The van der Waals surface area contributed by atoms with Crippen LogP contribution < -0.4 is 0 Å². The Morgan fingerprint density at radius 2 is 2.00 bits per heavy atom. The Hall–Kier alpha value is -0.0900. The van der Waals surface area contributed by atoms with Crippen molar-refractivity contribution in [1.82, 2.24) is 0 Å². The lowest BCUT2D eigenvalue weighted by atomic mass is 9.97. The second kappa shape index (κ2) is 2.95. The molecule has 3 nitrogen and oxygen atoms in total. The monoisotopic (exact) mass is 222 g/mol. The molecule has 0 N–H and O–H groups in total. The Labute approximate surface area is 82.4 Å². The van der Waals surface area contributed by atoms with Crippen LogP contribution in [0.1, 0.15) is 25.7 Å². The van der Waals surface area contributed by atoms with Gasteiger partial charge in [0.05, 0.1) is 10.5 Å². The Bertz CT molecular complexity index is 335. The van der Waals surface area contributed by atoms with Gasteiger partial charge in [0.25, 0.3) is 0 Å². The van der Waals surface area contributed by atoms with Crippen LogP contribution in [0.15, 0.2) is 0 Å². The first-order valence-corrected chi connectivity index (χ1v) is 6.47. The van der Waals surface area contributed by atoms with E-state index < -0.39 is 25.7 Å². The molecule has 2 aliphatic heterocycles. The van der Waals surface area contributed by atoms with Gasteiger partial charge in [0.1, 0.15) is 5.38 Å². The molecule has 13 heavy (non-hydrogen) atoms. The van der Waals surface area contributed by atoms with Crippen LogP contribution in [0.5, 0.6) is 0 Å². The van der Waals surface area contributed by atoms with Crippen LogP contribution in [0.3, 0.4) is 0 Å². The zero-order chi connectivity index (χ0) is 9.64. The highest BCUT2D eigenvalue weighted by Crippen LogP contribution is 2.37. The van der Waals surface area contributed by atoms with Crippen LogP contribution in [0, 0.1) is 0 Å². The van der Waals surface area contributed by atoms with Gasteiger partial charge in [0.2, 0.25) is 0 Å². The summed E-state index contributed by atoms with van der Waals surface area (Å²) in [4.78, 5) is 11.3. The highest BCUT2D eigenvalue weighted by atomic mass is 35.5. The number of sulfone groups is 1. The molecular weight excluding hydrogens is 212 g/mol. The van der Waals surface area contributed by atoms with E-state index in [0.717, 1.165) is 6.42 Å². The molecule has 0 radical (unpaired) electrons. The smallest absolute Gasteiger partial charge is 0.158 e. The topological polar surface area (TPSA) is 51.2 Å². The van der Waals surface area contributed by atoms with E-state index in [0.29, 0.717) is 12.8 Å². The van der Waals surface area contributed by atoms with Gasteiger partial charge >= 0.3 is 0 Å². The van der Waals surface area contributed by atoms with Crippen molar-refractivity contribution < 1.29 is 13.2 Å². The predicted octanol–water partition coefficient (Wildman–Crippen LogP) is 0.903. The highest BCUT2D eigenvalue weighted by Gasteiger charge is 2.49. The standard InChI is InChI=1S/C8H11ClO3S/c9-8-6(10)4-5-2-1-3-7(8)13(5,11)12/h5,7-8H,1-4H2. The first-order chi connectivity index (χ1) is 6.03. The minimum Gasteiger partial charge on any atom is -0.298 e. The summed E-state index contributed by atoms with van der Waals surface area (Å²) in [7, 11) is -3.10. The van der Waals surface area contributed by atoms with Crippen molar-refractivity contribution in [3.05, 3.63) is 0 Å². The van der Waals surface area contributed by atoms with E-state index in [2.05, 4.69) is 0 Å². The summed E-state index contributed by atoms with van der Waals surface area (Å²) >= 11 is 5.79. The van der Waals surface area contributed by atoms with Crippen LogP contribution in [-0.4, -0.2) is 30.1 Å². The number of hydrogen-bond donors (Lipinski definition) is 0. The van der Waals surface area contributed by atoms with Gasteiger partial charge in [0, 0.05) is 6.42 Å². The summed E-state index contributed by atoms with van der Waals surface area (Å²) in [5.41, 5.74) is 0. The SMILES string of the molecule is O=C1CC2CCCC(C1Cl)S2(=O)=O. The zero-order valence-corrected chi connectivity index (χ0v) is 8.64. The minimum atomic E-state index is -3.10. The molecule has 3 atom stereocenters. The first-order valence-electron chi connectivity index (χ1n) is 4.43. The maximum Gasteiger partial charge on any atom is 0.158 e. The quantitative estimate of drug-likeness (QED) is 0.573. The lowest BCUT2D eigenvalue weighted by Crippen LogP contribution is -2.50. The molecule has 2 fully saturated rings. The van der Waals surface area contributed by atoms with E-state index in [9.17, 15) is 13.2 Å². The Morgan fingerprint density at radius 3 is 2.69 bits per heavy atom. The molecule has 2 saturated heterocycles. The third-order valence-corrected chi connectivity index (χ3v) is 6.34. The van der Waals surface area contributed by atoms with E-state index in [1.165, 1.54) is 0 Å². The fourth-order valence-electron chi connectivity index (χ4n) is 2.20. The van der Waals surface area contributed by atoms with Crippen molar-refractivity contribution >= 4 is 27.2 Å². The van der Waals surface area contributed by atoms with E-state index in [1.54, 1.807) is 0 Å². The molecule has 2 rings (SSSR count). The van der Waals surface area contributed by atoms with E-state index in [-0.39, 0.29) is 12.2 Å². The molecule has 0 saturated carbocycles. The second-order valence-electron chi connectivity index (χ2n) is 3.75. The number of halogens is 1. The number of ketones is 1. The summed E-state index contributed by atoms with van der Waals surface area (Å²) in [5, 5.41) is -1.83. The molecule has 3 unspecified atom stereocenters. The lowest BCUT2D eigenvalue weighted by molar-refractivity contribution is -0.119. The normalized spacial score (nSPS) is 43.2. The summed E-state index contributed by atoms with van der Waals surface area (Å²) < 4.78 is 23.4. The number of rotatable bonds is 0. The molecule has 0 amide bonds. The number of alkyl halides is 1. The number of Topliss-reactive ketones (excluding diaryl/α,β-unsaturated/α-hetero) is 1. The Morgan fingerprint density at radius 1 is 1.31 bits per heavy atom. The van der Waals surface area contributed by atoms with Crippen LogP contribution in [0.25, 0.3) is 0 Å². The fourth-order valence-corrected chi connectivity index (χ4v) is 5.21. The molecule has 0 aliphatic carbocycles. The highest BCUT2D eigenvalue weighted by molar-refractivity contribution is 7.93. The number of carbonyl (C=O) groups is 1. The molecule has 2 bridgehead atoms. The van der Waals surface area contributed by atoms with Gasteiger partial charge in [-0.25, -0.2) is 8.42 Å². The number of fused-ring (bicyclic) bond motifs is 2. The molecule has 5 heteroatoms. The van der Waals surface area contributed by atoms with Gasteiger partial charge in [-0.2, -0.15) is 0 Å². The molecule has 0 spiro atoms. The minimum absolute atomic E-state index is 0.0915. The summed E-state index contributed by atoms with van der Waals surface area (Å²) in [6.07, 6.45) is 2.20. The largest absolute Gasteiger partial charge is 0.298 e. The third kappa shape index (κ3) is 1.31. The second-order valence-corrected chi connectivity index (χ2v) is 6.67. The zero-order valence-electron chi connectivity index (χ0n) is 7.07. The van der Waals surface area contributed by atoms with Crippen LogP contribution in [-0.2, 0) is 14.6 Å². The molecular formula is C8H11ClO3S. The maximum atomic E-state index is 11.7. The summed E-state index contributed by atoms with van der Waals surface area (Å²) in [6, 6.07) is 0. The van der Waals surface area contributed by atoms with Gasteiger partial charge in [-0.15, -0.1) is 11.6 Å². The van der Waals surface area contributed by atoms with Crippen molar-refractivity contribution in [3.8, 4) is 0 Å². The van der Waals surface area contributed by atoms with Crippen LogP contribution in [0.2, 0.25) is 0 Å². The third-order valence-electron chi connectivity index (χ3n) is 2.96. The van der Waals surface area contributed by atoms with Gasteiger partial charge in [0.15, 0.2) is 15.6 Å². The van der Waals surface area contributed by atoms with E-state index in [1.807, 2.05) is 0 Å². The Balaban J connectivity index is 2.41. The van der Waals surface area contributed by atoms with Crippen molar-refractivity contribution in [1.29, 1.82) is 0 Å². The molecule has 0 aromatic rings. The molecule has 74 valence electrons. The Kier molecular flexibility index (Phi) is 2.15. The number of carbonyl (C=O) groups excluding carboxylic acids is 1. The average Bonchev–Trinajstić information content (AvgIpc) is 2.03. The van der Waals surface area contributed by atoms with Crippen molar-refractivity contribution in [3.63, 3.8) is 0 Å². The van der Waals surface area contributed by atoms with Crippen molar-refractivity contribution in [2.45, 2.75) is 41.6 Å². The fraction of sp³-hybridized carbons (Fsp3) is 0.875. The summed E-state index contributed by atoms with van der Waals surface area (Å²) in [6.45, 7) is 0. The molecule has 0 aromatic heterocycles. The van der Waals surface area contributed by atoms with E-state index in [4.69, 9.17) is 11.6 Å². The van der Waals surface area contributed by atoms with E-state index >= 15 is 0 Å². The van der Waals surface area contributed by atoms with Gasteiger partial charge < -0.3 is 0 Å². The first kappa shape index (κ1) is 9.46. The number of hydrogen-bond acceptors (Lipinski definition) is 3. The molecule has 2 heterocycles. The predicted molar refractivity (Wildman–Crippen MR) is 49.6 cm³/mol. The van der Waals surface area contributed by atoms with Crippen molar-refractivity contribution in [2.75, 3.05) is 0 Å². The van der Waals surface area contributed by atoms with Crippen molar-refractivity contribution in [2.24, 2.45) is 0 Å². The van der Waals surface area contributed by atoms with Gasteiger partial charge in [-0.3, -0.25) is 4.79 Å². The van der Waals surface area contributed by atoms with Gasteiger partial charge in [-0.1, -0.05) is 6.42 Å². The van der Waals surface area contributed by atoms with Gasteiger partial charge in [-0.05, 0) is 12.8 Å². The maximum absolute atomic E-state index is 11.7.